The molecular formula is C15H14N4O2. The van der Waals surface area contributed by atoms with E-state index < -0.39 is 5.97 Å². The van der Waals surface area contributed by atoms with E-state index in [0.717, 1.165) is 5.56 Å². The zero-order valence-electron chi connectivity index (χ0n) is 11.8. The molecule has 21 heavy (non-hydrogen) atoms. The summed E-state index contributed by atoms with van der Waals surface area (Å²) in [7, 11) is 1.29. The molecule has 2 aromatic rings. The molecular weight excluding hydrogens is 268 g/mol. The van der Waals surface area contributed by atoms with Gasteiger partial charge in [0, 0.05) is 18.3 Å². The molecule has 1 heterocycles. The number of benzene rings is 1. The Hall–Kier alpha value is -2.94. The molecule has 0 saturated heterocycles. The van der Waals surface area contributed by atoms with Crippen LogP contribution in [0.15, 0.2) is 30.3 Å². The first kappa shape index (κ1) is 14.5. The van der Waals surface area contributed by atoms with Crippen LogP contribution in [0.2, 0.25) is 0 Å². The van der Waals surface area contributed by atoms with Crippen LogP contribution in [0.4, 0.5) is 5.82 Å². The van der Waals surface area contributed by atoms with Crippen LogP contribution < -0.4 is 5.32 Å². The van der Waals surface area contributed by atoms with Gasteiger partial charge in [0.1, 0.15) is 5.82 Å². The van der Waals surface area contributed by atoms with E-state index in [9.17, 15) is 4.79 Å². The number of carbonyl (C=O) groups is 1. The highest BCUT2D eigenvalue weighted by Gasteiger charge is 2.11. The number of esters is 1. The highest BCUT2D eigenvalue weighted by molar-refractivity contribution is 5.85. The van der Waals surface area contributed by atoms with Gasteiger partial charge < -0.3 is 10.1 Å². The lowest BCUT2D eigenvalue weighted by Crippen LogP contribution is -2.11. The lowest BCUT2D eigenvalue weighted by molar-refractivity contribution is 0.0586. The summed E-state index contributed by atoms with van der Waals surface area (Å²) >= 11 is 0. The minimum absolute atomic E-state index is 0.0276. The molecule has 0 aliphatic carbocycles. The fourth-order valence-corrected chi connectivity index (χ4v) is 1.73. The van der Waals surface area contributed by atoms with Crippen molar-refractivity contribution in [3.63, 3.8) is 0 Å². The van der Waals surface area contributed by atoms with E-state index in [1.54, 1.807) is 25.1 Å². The Morgan fingerprint density at radius 1 is 1.33 bits per heavy atom. The van der Waals surface area contributed by atoms with Crippen molar-refractivity contribution in [1.29, 1.82) is 5.26 Å². The van der Waals surface area contributed by atoms with Crippen LogP contribution >= 0.6 is 0 Å². The summed E-state index contributed by atoms with van der Waals surface area (Å²) in [6.45, 7) is 2.31. The molecule has 1 aromatic carbocycles. The second kappa shape index (κ2) is 6.48. The third-order valence-electron chi connectivity index (χ3n) is 2.78. The van der Waals surface area contributed by atoms with Gasteiger partial charge in [-0.15, -0.1) is 0 Å². The number of hydrogen-bond donors (Lipinski definition) is 1. The van der Waals surface area contributed by atoms with Crippen molar-refractivity contribution in [3.05, 3.63) is 53.0 Å². The first-order valence-corrected chi connectivity index (χ1v) is 6.29. The quantitative estimate of drug-likeness (QED) is 0.863. The third kappa shape index (κ3) is 3.76. The van der Waals surface area contributed by atoms with Crippen molar-refractivity contribution in [1.82, 2.24) is 9.97 Å². The van der Waals surface area contributed by atoms with Crippen LogP contribution in [0.1, 0.15) is 27.4 Å². The predicted molar refractivity (Wildman–Crippen MR) is 76.6 cm³/mol. The second-order valence-electron chi connectivity index (χ2n) is 4.37. The van der Waals surface area contributed by atoms with E-state index in [1.165, 1.54) is 7.11 Å². The highest BCUT2D eigenvalue weighted by Crippen LogP contribution is 2.10. The third-order valence-corrected chi connectivity index (χ3v) is 2.78. The molecule has 0 bridgehead atoms. The SMILES string of the molecule is COC(=O)c1nc(C)cc(NCc2ccc(C#N)cc2)n1. The highest BCUT2D eigenvalue weighted by atomic mass is 16.5. The molecule has 0 aliphatic rings. The molecule has 0 fully saturated rings. The van der Waals surface area contributed by atoms with Crippen LogP contribution in [0.25, 0.3) is 0 Å². The van der Waals surface area contributed by atoms with Crippen LogP contribution in [-0.2, 0) is 11.3 Å². The number of carbonyl (C=O) groups excluding carboxylic acids is 1. The number of nitrogens with one attached hydrogen (secondary N) is 1. The molecule has 0 amide bonds. The van der Waals surface area contributed by atoms with Gasteiger partial charge in [-0.05, 0) is 24.6 Å². The first-order chi connectivity index (χ1) is 10.1. The molecule has 6 nitrogen and oxygen atoms in total. The summed E-state index contributed by atoms with van der Waals surface area (Å²) in [5, 5.41) is 11.9. The number of ether oxygens (including phenoxy) is 1. The topological polar surface area (TPSA) is 87.9 Å². The van der Waals surface area contributed by atoms with Gasteiger partial charge in [0.2, 0.25) is 5.82 Å². The van der Waals surface area contributed by atoms with Gasteiger partial charge in [0.25, 0.3) is 0 Å². The lowest BCUT2D eigenvalue weighted by atomic mass is 10.1. The number of hydrogen-bond acceptors (Lipinski definition) is 6. The lowest BCUT2D eigenvalue weighted by Gasteiger charge is -2.08. The van der Waals surface area contributed by atoms with E-state index in [1.807, 2.05) is 12.1 Å². The Labute approximate surface area is 122 Å². The average molecular weight is 282 g/mol. The standard InChI is InChI=1S/C15H14N4O2/c1-10-7-13(19-14(18-10)15(20)21-2)17-9-12-5-3-11(8-16)4-6-12/h3-7H,9H2,1-2H3,(H,17,18,19). The molecule has 0 spiro atoms. The molecule has 0 radical (unpaired) electrons. The number of rotatable bonds is 4. The van der Waals surface area contributed by atoms with Crippen molar-refractivity contribution in [2.24, 2.45) is 0 Å². The second-order valence-corrected chi connectivity index (χ2v) is 4.37. The molecule has 2 rings (SSSR count). The van der Waals surface area contributed by atoms with Gasteiger partial charge >= 0.3 is 5.97 Å². The number of anilines is 1. The van der Waals surface area contributed by atoms with Gasteiger partial charge in [-0.2, -0.15) is 5.26 Å². The first-order valence-electron chi connectivity index (χ1n) is 6.29. The summed E-state index contributed by atoms with van der Waals surface area (Å²) in [4.78, 5) is 19.6. The largest absolute Gasteiger partial charge is 0.463 e. The Morgan fingerprint density at radius 2 is 2.05 bits per heavy atom. The summed E-state index contributed by atoms with van der Waals surface area (Å²) in [6.07, 6.45) is 0. The van der Waals surface area contributed by atoms with E-state index in [4.69, 9.17) is 5.26 Å². The van der Waals surface area contributed by atoms with Gasteiger partial charge in [0.15, 0.2) is 0 Å². The average Bonchev–Trinajstić information content (AvgIpc) is 2.52. The smallest absolute Gasteiger partial charge is 0.376 e. The van der Waals surface area contributed by atoms with E-state index in [0.29, 0.717) is 23.6 Å². The number of aryl methyl sites for hydroxylation is 1. The van der Waals surface area contributed by atoms with Crippen LogP contribution in [0, 0.1) is 18.3 Å². The van der Waals surface area contributed by atoms with Crippen molar-refractivity contribution >= 4 is 11.8 Å². The molecule has 6 heteroatoms. The minimum Gasteiger partial charge on any atom is -0.463 e. The molecule has 1 N–H and O–H groups in total. The van der Waals surface area contributed by atoms with Gasteiger partial charge in [-0.3, -0.25) is 0 Å². The number of methoxy groups -OCH3 is 1. The fraction of sp³-hybridized carbons (Fsp3) is 0.200. The maximum Gasteiger partial charge on any atom is 0.376 e. The van der Waals surface area contributed by atoms with Gasteiger partial charge in [-0.1, -0.05) is 12.1 Å². The molecule has 1 aromatic heterocycles. The molecule has 0 saturated carbocycles. The Morgan fingerprint density at radius 3 is 2.67 bits per heavy atom. The van der Waals surface area contributed by atoms with Crippen LogP contribution in [-0.4, -0.2) is 23.0 Å². The fourth-order valence-electron chi connectivity index (χ4n) is 1.73. The van der Waals surface area contributed by atoms with Gasteiger partial charge in [-0.25, -0.2) is 14.8 Å². The Bertz CT molecular complexity index is 690. The maximum atomic E-state index is 11.5. The minimum atomic E-state index is -0.569. The summed E-state index contributed by atoms with van der Waals surface area (Å²) < 4.78 is 4.61. The zero-order chi connectivity index (χ0) is 15.2. The summed E-state index contributed by atoms with van der Waals surface area (Å²) in [6, 6.07) is 11.0. The molecule has 0 atom stereocenters. The Balaban J connectivity index is 2.10. The number of aromatic nitrogens is 2. The molecule has 0 unspecified atom stereocenters. The summed E-state index contributed by atoms with van der Waals surface area (Å²) in [5.41, 5.74) is 2.29. The maximum absolute atomic E-state index is 11.5. The summed E-state index contributed by atoms with van der Waals surface area (Å²) in [5.74, 6) is 0.00668. The molecule has 106 valence electrons. The van der Waals surface area contributed by atoms with Crippen LogP contribution in [0.5, 0.6) is 0 Å². The van der Waals surface area contributed by atoms with Crippen LogP contribution in [0.3, 0.4) is 0 Å². The monoisotopic (exact) mass is 282 g/mol. The number of nitrogens with zero attached hydrogens (tertiary/aromatic N) is 3. The van der Waals surface area contributed by atoms with Crippen molar-refractivity contribution in [2.75, 3.05) is 12.4 Å². The van der Waals surface area contributed by atoms with Crippen molar-refractivity contribution in [3.8, 4) is 6.07 Å². The predicted octanol–water partition coefficient (Wildman–Crippen LogP) is 2.06. The van der Waals surface area contributed by atoms with E-state index in [-0.39, 0.29) is 5.82 Å². The van der Waals surface area contributed by atoms with Crippen molar-refractivity contribution < 1.29 is 9.53 Å². The normalized spacial score (nSPS) is 9.76. The zero-order valence-corrected chi connectivity index (χ0v) is 11.8. The van der Waals surface area contributed by atoms with Gasteiger partial charge in [0.05, 0.1) is 18.7 Å². The van der Waals surface area contributed by atoms with E-state index >= 15 is 0 Å². The number of nitriles is 1. The van der Waals surface area contributed by atoms with E-state index in [2.05, 4.69) is 26.1 Å². The van der Waals surface area contributed by atoms with Crippen molar-refractivity contribution in [2.45, 2.75) is 13.5 Å². The Kier molecular flexibility index (Phi) is 4.46. The molecule has 0 aliphatic heterocycles.